The normalized spacial score (nSPS) is 17.5. The summed E-state index contributed by atoms with van der Waals surface area (Å²) in [6, 6.07) is 8.41. The molecule has 0 bridgehead atoms. The van der Waals surface area contributed by atoms with Crippen molar-refractivity contribution in [2.45, 2.75) is 52.5 Å². The van der Waals surface area contributed by atoms with E-state index in [4.69, 9.17) is 0 Å². The van der Waals surface area contributed by atoms with Gasteiger partial charge in [-0.25, -0.2) is 0 Å². The second-order valence-corrected chi connectivity index (χ2v) is 6.97. The fourth-order valence-corrected chi connectivity index (χ4v) is 2.73. The van der Waals surface area contributed by atoms with Gasteiger partial charge in [0.25, 0.3) is 0 Å². The molecule has 0 spiro atoms. The summed E-state index contributed by atoms with van der Waals surface area (Å²) in [6.07, 6.45) is 3.49. The molecule has 1 aromatic carbocycles. The van der Waals surface area contributed by atoms with Gasteiger partial charge in [0.05, 0.1) is 6.04 Å². The highest BCUT2D eigenvalue weighted by molar-refractivity contribution is 5.82. The van der Waals surface area contributed by atoms with Crippen LogP contribution in [0.15, 0.2) is 24.3 Å². The molecule has 1 atom stereocenters. The monoisotopic (exact) mass is 302 g/mol. The average molecular weight is 302 g/mol. The van der Waals surface area contributed by atoms with Gasteiger partial charge < -0.3 is 10.6 Å². The van der Waals surface area contributed by atoms with Crippen LogP contribution in [0.5, 0.6) is 0 Å². The highest BCUT2D eigenvalue weighted by atomic mass is 16.2. The van der Waals surface area contributed by atoms with Crippen LogP contribution >= 0.6 is 0 Å². The van der Waals surface area contributed by atoms with Crippen LogP contribution in [0.4, 0.5) is 0 Å². The first-order valence-electron chi connectivity index (χ1n) is 8.03. The molecule has 22 heavy (non-hydrogen) atoms. The standard InChI is InChI=1S/C18H26N2O2/c1-18(2,3)17(22)19-12-11-16(21)20-15-10-6-8-13-7-4-5-9-14(13)15/h4-5,7,9,15H,6,8,10-12H2,1-3H3,(H,19,22)(H,20,21). The molecule has 1 unspecified atom stereocenters. The van der Waals surface area contributed by atoms with Crippen molar-refractivity contribution < 1.29 is 9.59 Å². The first-order valence-corrected chi connectivity index (χ1v) is 8.03. The number of fused-ring (bicyclic) bond motifs is 1. The Hall–Kier alpha value is -1.84. The molecule has 1 aliphatic rings. The van der Waals surface area contributed by atoms with E-state index in [0.717, 1.165) is 19.3 Å². The molecule has 0 radical (unpaired) electrons. The Morgan fingerprint density at radius 1 is 1.23 bits per heavy atom. The third-order valence-corrected chi connectivity index (χ3v) is 4.02. The minimum absolute atomic E-state index is 0.00378. The van der Waals surface area contributed by atoms with Gasteiger partial charge in [0.2, 0.25) is 11.8 Å². The van der Waals surface area contributed by atoms with Crippen LogP contribution in [0.1, 0.15) is 57.2 Å². The molecule has 2 amide bonds. The molecule has 0 saturated carbocycles. The predicted molar refractivity (Wildman–Crippen MR) is 87.3 cm³/mol. The zero-order chi connectivity index (χ0) is 16.2. The quantitative estimate of drug-likeness (QED) is 0.898. The third-order valence-electron chi connectivity index (χ3n) is 4.02. The molecule has 0 aliphatic heterocycles. The fourth-order valence-electron chi connectivity index (χ4n) is 2.73. The van der Waals surface area contributed by atoms with E-state index in [9.17, 15) is 9.59 Å². The largest absolute Gasteiger partial charge is 0.355 e. The molecule has 0 heterocycles. The second kappa shape index (κ2) is 6.95. The first kappa shape index (κ1) is 16.5. The van der Waals surface area contributed by atoms with Crippen LogP contribution in [0, 0.1) is 5.41 Å². The molecule has 0 saturated heterocycles. The summed E-state index contributed by atoms with van der Waals surface area (Å²) in [4.78, 5) is 23.8. The molecule has 4 heteroatoms. The van der Waals surface area contributed by atoms with E-state index in [2.05, 4.69) is 22.8 Å². The Balaban J connectivity index is 1.82. The summed E-state index contributed by atoms with van der Waals surface area (Å²) in [5.41, 5.74) is 2.15. The van der Waals surface area contributed by atoms with Crippen molar-refractivity contribution >= 4 is 11.8 Å². The summed E-state index contributed by atoms with van der Waals surface area (Å²) in [7, 11) is 0. The van der Waals surface area contributed by atoms with Crippen LogP contribution in [-0.2, 0) is 16.0 Å². The maximum atomic E-state index is 12.1. The van der Waals surface area contributed by atoms with E-state index in [0.29, 0.717) is 13.0 Å². The topological polar surface area (TPSA) is 58.2 Å². The molecular weight excluding hydrogens is 276 g/mol. The number of aryl methyl sites for hydroxylation is 1. The number of rotatable bonds is 4. The summed E-state index contributed by atoms with van der Waals surface area (Å²) in [6.45, 7) is 5.97. The van der Waals surface area contributed by atoms with Crippen molar-refractivity contribution in [1.29, 1.82) is 0 Å². The van der Waals surface area contributed by atoms with E-state index in [-0.39, 0.29) is 17.9 Å². The van der Waals surface area contributed by atoms with E-state index < -0.39 is 5.41 Å². The van der Waals surface area contributed by atoms with E-state index in [1.807, 2.05) is 32.9 Å². The number of hydrogen-bond acceptors (Lipinski definition) is 2. The van der Waals surface area contributed by atoms with E-state index in [1.54, 1.807) is 0 Å². The summed E-state index contributed by atoms with van der Waals surface area (Å²) in [5.74, 6) is -0.0285. The zero-order valence-electron chi connectivity index (χ0n) is 13.7. The van der Waals surface area contributed by atoms with Crippen molar-refractivity contribution in [1.82, 2.24) is 10.6 Å². The van der Waals surface area contributed by atoms with Gasteiger partial charge in [-0.1, -0.05) is 45.0 Å². The van der Waals surface area contributed by atoms with Gasteiger partial charge in [0.15, 0.2) is 0 Å². The van der Waals surface area contributed by atoms with Gasteiger partial charge in [0.1, 0.15) is 0 Å². The fraction of sp³-hybridized carbons (Fsp3) is 0.556. The van der Waals surface area contributed by atoms with Gasteiger partial charge in [-0.05, 0) is 30.4 Å². The summed E-state index contributed by atoms with van der Waals surface area (Å²) >= 11 is 0. The van der Waals surface area contributed by atoms with Crippen LogP contribution in [0.3, 0.4) is 0 Å². The second-order valence-electron chi connectivity index (χ2n) is 6.97. The first-order chi connectivity index (χ1) is 10.4. The molecule has 2 N–H and O–H groups in total. The molecule has 120 valence electrons. The third kappa shape index (κ3) is 4.33. The van der Waals surface area contributed by atoms with E-state index in [1.165, 1.54) is 11.1 Å². The number of hydrogen-bond donors (Lipinski definition) is 2. The van der Waals surface area contributed by atoms with Gasteiger partial charge in [-0.15, -0.1) is 0 Å². The summed E-state index contributed by atoms with van der Waals surface area (Å²) < 4.78 is 0. The van der Waals surface area contributed by atoms with Crippen LogP contribution in [0.25, 0.3) is 0 Å². The Morgan fingerprint density at radius 2 is 1.95 bits per heavy atom. The Bertz CT molecular complexity index is 546. The number of benzene rings is 1. The van der Waals surface area contributed by atoms with Crippen LogP contribution in [-0.4, -0.2) is 18.4 Å². The van der Waals surface area contributed by atoms with E-state index >= 15 is 0 Å². The minimum Gasteiger partial charge on any atom is -0.355 e. The van der Waals surface area contributed by atoms with Gasteiger partial charge in [-0.3, -0.25) is 9.59 Å². The summed E-state index contributed by atoms with van der Waals surface area (Å²) in [5, 5.41) is 5.91. The van der Waals surface area contributed by atoms with Crippen molar-refractivity contribution in [3.05, 3.63) is 35.4 Å². The molecule has 1 aliphatic carbocycles. The molecule has 4 nitrogen and oxygen atoms in total. The lowest BCUT2D eigenvalue weighted by Gasteiger charge is -2.26. The minimum atomic E-state index is -0.418. The predicted octanol–water partition coefficient (Wildman–Crippen LogP) is 2.73. The molecule has 0 fully saturated rings. The molecule has 2 rings (SSSR count). The lowest BCUT2D eigenvalue weighted by molar-refractivity contribution is -0.128. The van der Waals surface area contributed by atoms with Crippen LogP contribution < -0.4 is 10.6 Å². The highest BCUT2D eigenvalue weighted by Crippen LogP contribution is 2.29. The van der Waals surface area contributed by atoms with Gasteiger partial charge in [-0.2, -0.15) is 0 Å². The van der Waals surface area contributed by atoms with Crippen LogP contribution in [0.2, 0.25) is 0 Å². The Labute approximate surface area is 132 Å². The lowest BCUT2D eigenvalue weighted by atomic mass is 9.87. The maximum absolute atomic E-state index is 12.1. The maximum Gasteiger partial charge on any atom is 0.225 e. The number of carbonyl (C=O) groups is 2. The average Bonchev–Trinajstić information content (AvgIpc) is 2.46. The van der Waals surface area contributed by atoms with Crippen molar-refractivity contribution in [3.63, 3.8) is 0 Å². The lowest BCUT2D eigenvalue weighted by Crippen LogP contribution is -2.38. The number of amides is 2. The number of nitrogens with one attached hydrogen (secondary N) is 2. The highest BCUT2D eigenvalue weighted by Gasteiger charge is 2.22. The smallest absolute Gasteiger partial charge is 0.225 e. The van der Waals surface area contributed by atoms with Gasteiger partial charge >= 0.3 is 0 Å². The van der Waals surface area contributed by atoms with Crippen molar-refractivity contribution in [2.75, 3.05) is 6.54 Å². The SMILES string of the molecule is CC(C)(C)C(=O)NCCC(=O)NC1CCCc2ccccc21. The number of carbonyl (C=O) groups excluding carboxylic acids is 2. The Morgan fingerprint density at radius 3 is 2.68 bits per heavy atom. The molecule has 0 aromatic heterocycles. The Kier molecular flexibility index (Phi) is 5.22. The zero-order valence-corrected chi connectivity index (χ0v) is 13.7. The molecular formula is C18H26N2O2. The van der Waals surface area contributed by atoms with Gasteiger partial charge in [0, 0.05) is 18.4 Å². The molecule has 1 aromatic rings. The van der Waals surface area contributed by atoms with Crippen molar-refractivity contribution in [2.24, 2.45) is 5.41 Å². The van der Waals surface area contributed by atoms with Crippen molar-refractivity contribution in [3.8, 4) is 0 Å².